The number of anilines is 1. The van der Waals surface area contributed by atoms with E-state index in [1.807, 2.05) is 20.0 Å². The Kier molecular flexibility index (Phi) is 4.49. The minimum Gasteiger partial charge on any atom is -0.374 e. The molecule has 84 valence electrons. The third kappa shape index (κ3) is 3.16. The monoisotopic (exact) mass is 209 g/mol. The van der Waals surface area contributed by atoms with Crippen LogP contribution in [-0.4, -0.2) is 24.1 Å². The second-order valence-electron chi connectivity index (χ2n) is 3.48. The average Bonchev–Trinajstić information content (AvgIpc) is 2.28. The summed E-state index contributed by atoms with van der Waals surface area (Å²) >= 11 is 0. The summed E-state index contributed by atoms with van der Waals surface area (Å²) in [6.45, 7) is 4.09. The van der Waals surface area contributed by atoms with Gasteiger partial charge in [0.25, 0.3) is 0 Å². The summed E-state index contributed by atoms with van der Waals surface area (Å²) in [5.41, 5.74) is 1.07. The van der Waals surface area contributed by atoms with Gasteiger partial charge in [0.1, 0.15) is 11.9 Å². The number of hydrogen-bond acceptors (Lipinski definition) is 4. The number of rotatable bonds is 5. The van der Waals surface area contributed by atoms with E-state index >= 15 is 0 Å². The van der Waals surface area contributed by atoms with Gasteiger partial charge in [0.05, 0.1) is 0 Å². The summed E-state index contributed by atoms with van der Waals surface area (Å²) in [6.07, 6.45) is 2.00. The van der Waals surface area contributed by atoms with Crippen LogP contribution in [-0.2, 0) is 11.2 Å². The molecule has 1 aromatic heterocycles. The van der Waals surface area contributed by atoms with Crippen LogP contribution >= 0.6 is 0 Å². The van der Waals surface area contributed by atoms with Gasteiger partial charge < -0.3 is 10.1 Å². The molecule has 0 aromatic carbocycles. The fourth-order valence-electron chi connectivity index (χ4n) is 1.32. The molecule has 0 aliphatic heterocycles. The van der Waals surface area contributed by atoms with Gasteiger partial charge in [-0.1, -0.05) is 13.3 Å². The first-order valence-electron chi connectivity index (χ1n) is 5.29. The number of aryl methyl sites for hydroxylation is 1. The van der Waals surface area contributed by atoms with Crippen LogP contribution in [0.25, 0.3) is 0 Å². The van der Waals surface area contributed by atoms with Gasteiger partial charge in [0, 0.05) is 25.9 Å². The zero-order chi connectivity index (χ0) is 11.3. The lowest BCUT2D eigenvalue weighted by Gasteiger charge is -2.11. The maximum Gasteiger partial charge on any atom is 0.159 e. The van der Waals surface area contributed by atoms with Gasteiger partial charge in [0.15, 0.2) is 5.82 Å². The molecule has 15 heavy (non-hydrogen) atoms. The van der Waals surface area contributed by atoms with Crippen molar-refractivity contribution in [3.63, 3.8) is 0 Å². The lowest BCUT2D eigenvalue weighted by molar-refractivity contribution is 0.112. The molecule has 0 bridgehead atoms. The van der Waals surface area contributed by atoms with Crippen LogP contribution in [0.1, 0.15) is 37.9 Å². The fraction of sp³-hybridized carbons (Fsp3) is 0.636. The van der Waals surface area contributed by atoms with Crippen molar-refractivity contribution in [3.8, 4) is 0 Å². The van der Waals surface area contributed by atoms with E-state index in [0.717, 1.165) is 30.2 Å². The molecule has 0 spiro atoms. The first kappa shape index (κ1) is 11.9. The van der Waals surface area contributed by atoms with Gasteiger partial charge >= 0.3 is 0 Å². The summed E-state index contributed by atoms with van der Waals surface area (Å²) in [5, 5.41) is 3.04. The van der Waals surface area contributed by atoms with E-state index in [0.29, 0.717) is 0 Å². The van der Waals surface area contributed by atoms with Gasteiger partial charge in [-0.3, -0.25) is 0 Å². The quantitative estimate of drug-likeness (QED) is 0.807. The number of hydrogen-bond donors (Lipinski definition) is 1. The molecule has 0 radical (unpaired) electrons. The second-order valence-corrected chi connectivity index (χ2v) is 3.48. The first-order valence-corrected chi connectivity index (χ1v) is 5.29. The van der Waals surface area contributed by atoms with Crippen LogP contribution in [0.4, 0.5) is 5.82 Å². The van der Waals surface area contributed by atoms with Crippen LogP contribution in [0.2, 0.25) is 0 Å². The molecule has 1 unspecified atom stereocenters. The van der Waals surface area contributed by atoms with Crippen LogP contribution < -0.4 is 5.32 Å². The summed E-state index contributed by atoms with van der Waals surface area (Å²) in [5.74, 6) is 1.60. The van der Waals surface area contributed by atoms with Crippen molar-refractivity contribution in [1.29, 1.82) is 0 Å². The third-order valence-corrected chi connectivity index (χ3v) is 2.28. The predicted octanol–water partition coefficient (Wildman–Crippen LogP) is 2.18. The minimum atomic E-state index is -0.0612. The summed E-state index contributed by atoms with van der Waals surface area (Å²) in [4.78, 5) is 8.82. The number of methoxy groups -OCH3 is 1. The lowest BCUT2D eigenvalue weighted by atomic mass is 10.2. The predicted molar refractivity (Wildman–Crippen MR) is 61.0 cm³/mol. The number of aromatic nitrogens is 2. The molecule has 0 saturated carbocycles. The Morgan fingerprint density at radius 1 is 1.47 bits per heavy atom. The van der Waals surface area contributed by atoms with E-state index in [-0.39, 0.29) is 6.10 Å². The van der Waals surface area contributed by atoms with Gasteiger partial charge in [-0.25, -0.2) is 9.97 Å². The lowest BCUT2D eigenvalue weighted by Crippen LogP contribution is -2.07. The maximum absolute atomic E-state index is 5.22. The molecule has 1 rings (SSSR count). The highest BCUT2D eigenvalue weighted by molar-refractivity contribution is 5.35. The van der Waals surface area contributed by atoms with Crippen molar-refractivity contribution in [2.24, 2.45) is 0 Å². The summed E-state index contributed by atoms with van der Waals surface area (Å²) in [7, 11) is 3.53. The fourth-order valence-corrected chi connectivity index (χ4v) is 1.32. The Hall–Kier alpha value is -1.16. The molecule has 1 atom stereocenters. The molecule has 1 N–H and O–H groups in total. The Morgan fingerprint density at radius 3 is 2.73 bits per heavy atom. The molecule has 4 heteroatoms. The van der Waals surface area contributed by atoms with E-state index < -0.39 is 0 Å². The molecular weight excluding hydrogens is 190 g/mol. The molecule has 1 aromatic rings. The number of nitrogens with zero attached hydrogens (tertiary/aromatic N) is 2. The highest BCUT2D eigenvalue weighted by Gasteiger charge is 2.10. The Balaban J connectivity index is 2.99. The van der Waals surface area contributed by atoms with E-state index in [1.54, 1.807) is 7.11 Å². The minimum absolute atomic E-state index is 0.0612. The maximum atomic E-state index is 5.22. The molecule has 0 aliphatic rings. The van der Waals surface area contributed by atoms with E-state index in [4.69, 9.17) is 4.74 Å². The van der Waals surface area contributed by atoms with Gasteiger partial charge in [-0.05, 0) is 13.3 Å². The molecule has 1 heterocycles. The zero-order valence-electron chi connectivity index (χ0n) is 9.87. The molecule has 4 nitrogen and oxygen atoms in total. The van der Waals surface area contributed by atoms with Crippen LogP contribution in [0.5, 0.6) is 0 Å². The molecule has 0 aliphatic carbocycles. The van der Waals surface area contributed by atoms with Crippen molar-refractivity contribution in [2.75, 3.05) is 19.5 Å². The number of nitrogens with one attached hydrogen (secondary N) is 1. The van der Waals surface area contributed by atoms with Gasteiger partial charge in [0.2, 0.25) is 0 Å². The normalized spacial score (nSPS) is 12.5. The first-order chi connectivity index (χ1) is 7.21. The Bertz CT molecular complexity index is 315. The summed E-state index contributed by atoms with van der Waals surface area (Å²) < 4.78 is 5.22. The van der Waals surface area contributed by atoms with Crippen molar-refractivity contribution < 1.29 is 4.74 Å². The smallest absolute Gasteiger partial charge is 0.159 e. The molecular formula is C11H19N3O. The molecule has 0 saturated heterocycles. The van der Waals surface area contributed by atoms with Crippen LogP contribution in [0.3, 0.4) is 0 Å². The van der Waals surface area contributed by atoms with Crippen LogP contribution in [0.15, 0.2) is 6.07 Å². The zero-order valence-corrected chi connectivity index (χ0v) is 9.87. The molecule has 0 fully saturated rings. The van der Waals surface area contributed by atoms with Gasteiger partial charge in [-0.15, -0.1) is 0 Å². The average molecular weight is 209 g/mol. The van der Waals surface area contributed by atoms with E-state index in [9.17, 15) is 0 Å². The Labute approximate surface area is 91.1 Å². The molecule has 0 amide bonds. The largest absolute Gasteiger partial charge is 0.374 e. The van der Waals surface area contributed by atoms with E-state index in [2.05, 4.69) is 22.2 Å². The van der Waals surface area contributed by atoms with Crippen molar-refractivity contribution in [1.82, 2.24) is 9.97 Å². The standard InChI is InChI=1S/C11H19N3O/c1-5-6-9-7-10(12-3)14-11(13-9)8(2)15-4/h7-8H,5-6H2,1-4H3,(H,12,13,14). The van der Waals surface area contributed by atoms with E-state index in [1.165, 1.54) is 0 Å². The SMILES string of the molecule is CCCc1cc(NC)nc(C(C)OC)n1. The van der Waals surface area contributed by atoms with Gasteiger partial charge in [-0.2, -0.15) is 0 Å². The Morgan fingerprint density at radius 2 is 2.20 bits per heavy atom. The topological polar surface area (TPSA) is 47.0 Å². The van der Waals surface area contributed by atoms with Crippen molar-refractivity contribution in [2.45, 2.75) is 32.8 Å². The highest BCUT2D eigenvalue weighted by Crippen LogP contribution is 2.15. The number of ether oxygens (including phenoxy) is 1. The highest BCUT2D eigenvalue weighted by atomic mass is 16.5. The van der Waals surface area contributed by atoms with Crippen LogP contribution in [0, 0.1) is 0 Å². The van der Waals surface area contributed by atoms with Crippen molar-refractivity contribution >= 4 is 5.82 Å². The third-order valence-electron chi connectivity index (χ3n) is 2.28. The van der Waals surface area contributed by atoms with Crippen molar-refractivity contribution in [3.05, 3.63) is 17.6 Å². The second kappa shape index (κ2) is 5.66. The summed E-state index contributed by atoms with van der Waals surface area (Å²) in [6, 6.07) is 1.98.